The van der Waals surface area contributed by atoms with Gasteiger partial charge in [-0.15, -0.1) is 0 Å². The summed E-state index contributed by atoms with van der Waals surface area (Å²) in [5.74, 6) is 0. The molecule has 0 unspecified atom stereocenters. The lowest BCUT2D eigenvalue weighted by atomic mass is 10.0. The quantitative estimate of drug-likeness (QED) is 0.752. The van der Waals surface area contributed by atoms with Crippen molar-refractivity contribution in [2.45, 2.75) is 39.4 Å². The summed E-state index contributed by atoms with van der Waals surface area (Å²) in [7, 11) is 0. The van der Waals surface area contributed by atoms with E-state index in [0.29, 0.717) is 0 Å². The molecular weight excluding hydrogens is 232 g/mol. The molecule has 0 aliphatic carbocycles. The van der Waals surface area contributed by atoms with Gasteiger partial charge in [-0.05, 0) is 38.0 Å². The van der Waals surface area contributed by atoms with Crippen molar-refractivity contribution < 1.29 is 0 Å². The van der Waals surface area contributed by atoms with Gasteiger partial charge in [0.1, 0.15) is 0 Å². The summed E-state index contributed by atoms with van der Waals surface area (Å²) in [6.07, 6.45) is 2.30. The highest BCUT2D eigenvalue weighted by atomic mass is 15.2. The predicted molar refractivity (Wildman–Crippen MR) is 80.0 cm³/mol. The van der Waals surface area contributed by atoms with Crippen LogP contribution in [0.4, 0.5) is 0 Å². The van der Waals surface area contributed by atoms with Crippen LogP contribution in [0, 0.1) is 0 Å². The van der Waals surface area contributed by atoms with E-state index in [-0.39, 0.29) is 5.54 Å². The van der Waals surface area contributed by atoms with Crippen LogP contribution in [0.25, 0.3) is 11.1 Å². The van der Waals surface area contributed by atoms with Crippen molar-refractivity contribution >= 4 is 0 Å². The zero-order valence-corrected chi connectivity index (χ0v) is 12.1. The third kappa shape index (κ3) is 2.45. The molecule has 2 heteroatoms. The van der Waals surface area contributed by atoms with Gasteiger partial charge in [0.05, 0.1) is 0 Å². The summed E-state index contributed by atoms with van der Waals surface area (Å²) in [4.78, 5) is 2.55. The molecule has 2 heterocycles. The van der Waals surface area contributed by atoms with E-state index in [0.717, 1.165) is 19.6 Å². The second-order valence-electron chi connectivity index (χ2n) is 6.37. The van der Waals surface area contributed by atoms with E-state index < -0.39 is 0 Å². The molecule has 0 amide bonds. The third-order valence-corrected chi connectivity index (χ3v) is 4.01. The van der Waals surface area contributed by atoms with Gasteiger partial charge >= 0.3 is 0 Å². The minimum Gasteiger partial charge on any atom is -0.348 e. The summed E-state index contributed by atoms with van der Waals surface area (Å²) in [6.45, 7) is 10.2. The molecule has 1 aliphatic heterocycles. The second kappa shape index (κ2) is 4.53. The fourth-order valence-electron chi connectivity index (χ4n) is 2.76. The van der Waals surface area contributed by atoms with E-state index in [1.165, 1.54) is 16.8 Å². The Balaban J connectivity index is 1.89. The summed E-state index contributed by atoms with van der Waals surface area (Å²) in [5, 5.41) is 0. The Morgan fingerprint density at radius 2 is 1.68 bits per heavy atom. The Labute approximate surface area is 115 Å². The van der Waals surface area contributed by atoms with Crippen molar-refractivity contribution in [1.29, 1.82) is 0 Å². The van der Waals surface area contributed by atoms with Crippen molar-refractivity contribution in [3.63, 3.8) is 0 Å². The van der Waals surface area contributed by atoms with Crippen molar-refractivity contribution in [3.05, 3.63) is 48.3 Å². The van der Waals surface area contributed by atoms with Crippen LogP contribution < -0.4 is 0 Å². The third-order valence-electron chi connectivity index (χ3n) is 4.01. The molecule has 0 atom stereocenters. The molecule has 1 aromatic carbocycles. The first-order chi connectivity index (χ1) is 9.04. The molecule has 3 rings (SSSR count). The van der Waals surface area contributed by atoms with Gasteiger partial charge < -0.3 is 4.57 Å². The molecular formula is C17H22N2. The number of hydrogen-bond donors (Lipinski definition) is 0. The van der Waals surface area contributed by atoms with Crippen LogP contribution in [-0.4, -0.2) is 21.6 Å². The van der Waals surface area contributed by atoms with E-state index in [2.05, 4.69) is 72.8 Å². The maximum absolute atomic E-state index is 2.55. The molecule has 0 N–H and O–H groups in total. The first-order valence-corrected chi connectivity index (χ1v) is 7.03. The molecule has 0 saturated carbocycles. The van der Waals surface area contributed by atoms with E-state index in [1.807, 2.05) is 0 Å². The van der Waals surface area contributed by atoms with Gasteiger partial charge in [0.15, 0.2) is 0 Å². The van der Waals surface area contributed by atoms with Gasteiger partial charge in [-0.25, -0.2) is 0 Å². The summed E-state index contributed by atoms with van der Waals surface area (Å²) in [5.41, 5.74) is 4.33. The highest BCUT2D eigenvalue weighted by Gasteiger charge is 2.25. The number of aromatic nitrogens is 1. The smallest absolute Gasteiger partial charge is 0.0393 e. The molecule has 0 fully saturated rings. The fourth-order valence-corrected chi connectivity index (χ4v) is 2.76. The fraction of sp³-hybridized carbons (Fsp3) is 0.412. The Kier molecular flexibility index (Phi) is 2.98. The van der Waals surface area contributed by atoms with Crippen LogP contribution in [0.2, 0.25) is 0 Å². The Hall–Kier alpha value is -1.54. The van der Waals surface area contributed by atoms with E-state index >= 15 is 0 Å². The minimum atomic E-state index is 0.252. The van der Waals surface area contributed by atoms with E-state index in [4.69, 9.17) is 0 Å². The van der Waals surface area contributed by atoms with Gasteiger partial charge in [0.2, 0.25) is 0 Å². The van der Waals surface area contributed by atoms with Gasteiger partial charge in [-0.1, -0.05) is 30.3 Å². The van der Waals surface area contributed by atoms with Gasteiger partial charge in [-0.3, -0.25) is 4.90 Å². The molecule has 0 bridgehead atoms. The van der Waals surface area contributed by atoms with Gasteiger partial charge in [0, 0.05) is 37.1 Å². The molecule has 0 spiro atoms. The topological polar surface area (TPSA) is 8.17 Å². The van der Waals surface area contributed by atoms with Crippen LogP contribution in [0.1, 0.15) is 26.5 Å². The second-order valence-corrected chi connectivity index (χ2v) is 6.37. The number of benzene rings is 1. The zero-order valence-electron chi connectivity index (χ0n) is 12.1. The van der Waals surface area contributed by atoms with Gasteiger partial charge in [-0.2, -0.15) is 0 Å². The summed E-state index contributed by atoms with van der Waals surface area (Å²) >= 11 is 0. The molecule has 0 saturated heterocycles. The Morgan fingerprint density at radius 3 is 2.37 bits per heavy atom. The van der Waals surface area contributed by atoms with Crippen LogP contribution in [0.3, 0.4) is 0 Å². The highest BCUT2D eigenvalue weighted by molar-refractivity contribution is 5.63. The average molecular weight is 254 g/mol. The lowest BCUT2D eigenvalue weighted by Crippen LogP contribution is -2.45. The highest BCUT2D eigenvalue weighted by Crippen LogP contribution is 2.27. The molecule has 0 radical (unpaired) electrons. The minimum absolute atomic E-state index is 0.252. The summed E-state index contributed by atoms with van der Waals surface area (Å²) < 4.78 is 2.41. The SMILES string of the molecule is CC(C)(C)N1CCn2cc(-c3ccccc3)cc2C1. The number of rotatable bonds is 1. The Morgan fingerprint density at radius 1 is 0.947 bits per heavy atom. The Bertz CT molecular complexity index is 561. The normalized spacial score (nSPS) is 16.4. The van der Waals surface area contributed by atoms with E-state index in [1.54, 1.807) is 0 Å². The lowest BCUT2D eigenvalue weighted by molar-refractivity contribution is 0.103. The molecule has 2 aromatic rings. The van der Waals surface area contributed by atoms with Crippen LogP contribution in [0.5, 0.6) is 0 Å². The molecule has 1 aliphatic rings. The largest absolute Gasteiger partial charge is 0.348 e. The lowest BCUT2D eigenvalue weighted by Gasteiger charge is -2.38. The number of hydrogen-bond acceptors (Lipinski definition) is 1. The predicted octanol–water partition coefficient (Wildman–Crippen LogP) is 3.77. The average Bonchev–Trinajstić information content (AvgIpc) is 2.81. The number of nitrogens with zero attached hydrogens (tertiary/aromatic N) is 2. The maximum atomic E-state index is 2.55. The van der Waals surface area contributed by atoms with Crippen molar-refractivity contribution in [3.8, 4) is 11.1 Å². The van der Waals surface area contributed by atoms with Crippen molar-refractivity contribution in [1.82, 2.24) is 9.47 Å². The maximum Gasteiger partial charge on any atom is 0.0393 e. The number of fused-ring (bicyclic) bond motifs is 1. The first kappa shape index (κ1) is 12.5. The monoisotopic (exact) mass is 254 g/mol. The van der Waals surface area contributed by atoms with Crippen molar-refractivity contribution in [2.75, 3.05) is 6.54 Å². The van der Waals surface area contributed by atoms with Crippen LogP contribution in [0.15, 0.2) is 42.6 Å². The molecule has 1 aromatic heterocycles. The molecule has 19 heavy (non-hydrogen) atoms. The van der Waals surface area contributed by atoms with Crippen molar-refractivity contribution in [2.24, 2.45) is 0 Å². The van der Waals surface area contributed by atoms with E-state index in [9.17, 15) is 0 Å². The van der Waals surface area contributed by atoms with Crippen LogP contribution >= 0.6 is 0 Å². The van der Waals surface area contributed by atoms with Crippen LogP contribution in [-0.2, 0) is 13.1 Å². The zero-order chi connectivity index (χ0) is 13.5. The van der Waals surface area contributed by atoms with Gasteiger partial charge in [0.25, 0.3) is 0 Å². The molecule has 100 valence electrons. The first-order valence-electron chi connectivity index (χ1n) is 7.03. The molecule has 2 nitrogen and oxygen atoms in total. The standard InChI is InChI=1S/C17H22N2/c1-17(2,3)19-10-9-18-12-15(11-16(18)13-19)14-7-5-4-6-8-14/h4-8,11-12H,9-10,13H2,1-3H3. The summed E-state index contributed by atoms with van der Waals surface area (Å²) in [6, 6.07) is 13.0.